The molecule has 2 aromatic heterocycles. The van der Waals surface area contributed by atoms with Gasteiger partial charge >= 0.3 is 6.09 Å². The van der Waals surface area contributed by atoms with E-state index in [2.05, 4.69) is 36.6 Å². The maximum absolute atomic E-state index is 12.7. The van der Waals surface area contributed by atoms with Gasteiger partial charge in [0.05, 0.1) is 18.7 Å². The predicted octanol–water partition coefficient (Wildman–Crippen LogP) is 2.51. The maximum atomic E-state index is 12.7. The number of carbonyl (C=O) groups excluding carboxylic acids is 3. The number of aromatic nitrogens is 4. The SMILES string of the molecule is CC(C)(C)OC(=O)N1CCNC(C(=O)Nc2cccc(Cn3ccnc3)c2)C1.O=C(Nc1cccc(Cn2ccnc2)c1)C1CNCCN1. The van der Waals surface area contributed by atoms with Crippen LogP contribution in [0.25, 0.3) is 0 Å². The van der Waals surface area contributed by atoms with Gasteiger partial charge in [-0.3, -0.25) is 9.59 Å². The highest BCUT2D eigenvalue weighted by molar-refractivity contribution is 5.96. The highest BCUT2D eigenvalue weighted by Gasteiger charge is 2.31. The molecule has 260 valence electrons. The zero-order chi connectivity index (χ0) is 34.6. The molecule has 2 fully saturated rings. The number of imidazole rings is 2. The van der Waals surface area contributed by atoms with E-state index in [4.69, 9.17) is 4.74 Å². The Morgan fingerprint density at radius 1 is 0.816 bits per heavy atom. The van der Waals surface area contributed by atoms with Gasteiger partial charge in [0.1, 0.15) is 11.6 Å². The van der Waals surface area contributed by atoms with E-state index in [1.54, 1.807) is 29.9 Å². The van der Waals surface area contributed by atoms with Crippen molar-refractivity contribution in [1.82, 2.24) is 40.0 Å². The Bertz CT molecular complexity index is 1650. The number of ether oxygens (including phenoxy) is 1. The average molecular weight is 671 g/mol. The third-order valence-electron chi connectivity index (χ3n) is 7.74. The summed E-state index contributed by atoms with van der Waals surface area (Å²) >= 11 is 0. The van der Waals surface area contributed by atoms with Gasteiger partial charge in [-0.2, -0.15) is 0 Å². The minimum atomic E-state index is -0.560. The molecule has 3 amide bonds. The second-order valence-corrected chi connectivity index (χ2v) is 13.0. The zero-order valence-corrected chi connectivity index (χ0v) is 28.3. The third kappa shape index (κ3) is 11.3. The maximum Gasteiger partial charge on any atom is 0.410 e. The summed E-state index contributed by atoms with van der Waals surface area (Å²) in [4.78, 5) is 46.8. The first kappa shape index (κ1) is 35.3. The van der Waals surface area contributed by atoms with Crippen LogP contribution in [0.2, 0.25) is 0 Å². The molecule has 14 nitrogen and oxygen atoms in total. The van der Waals surface area contributed by atoms with E-state index in [0.29, 0.717) is 26.2 Å². The number of nitrogens with zero attached hydrogens (tertiary/aromatic N) is 5. The fraction of sp³-hybridized carbons (Fsp3) is 0.400. The van der Waals surface area contributed by atoms with Crippen molar-refractivity contribution in [3.63, 3.8) is 0 Å². The Morgan fingerprint density at radius 3 is 1.90 bits per heavy atom. The molecule has 0 radical (unpaired) electrons. The highest BCUT2D eigenvalue weighted by atomic mass is 16.6. The van der Waals surface area contributed by atoms with Crippen molar-refractivity contribution in [3.05, 3.63) is 97.1 Å². The molecule has 2 saturated heterocycles. The molecule has 49 heavy (non-hydrogen) atoms. The number of rotatable bonds is 8. The van der Waals surface area contributed by atoms with Crippen LogP contribution in [0.3, 0.4) is 0 Å². The summed E-state index contributed by atoms with van der Waals surface area (Å²) in [5, 5.41) is 15.5. The lowest BCUT2D eigenvalue weighted by Gasteiger charge is -2.34. The Balaban J connectivity index is 0.000000199. The summed E-state index contributed by atoms with van der Waals surface area (Å²) in [5.41, 5.74) is 3.17. The Kier molecular flexibility index (Phi) is 12.1. The molecule has 2 unspecified atom stereocenters. The van der Waals surface area contributed by atoms with E-state index >= 15 is 0 Å². The van der Waals surface area contributed by atoms with Crippen LogP contribution in [-0.4, -0.2) is 98.9 Å². The second-order valence-electron chi connectivity index (χ2n) is 13.0. The summed E-state index contributed by atoms with van der Waals surface area (Å²) in [5.74, 6) is -0.171. The van der Waals surface area contributed by atoms with Crippen LogP contribution in [0, 0.1) is 0 Å². The van der Waals surface area contributed by atoms with Crippen molar-refractivity contribution < 1.29 is 19.1 Å². The van der Waals surface area contributed by atoms with Crippen LogP contribution >= 0.6 is 0 Å². The Labute approximate surface area is 286 Å². The van der Waals surface area contributed by atoms with Crippen LogP contribution in [0.5, 0.6) is 0 Å². The van der Waals surface area contributed by atoms with Gasteiger partial charge in [-0.25, -0.2) is 14.8 Å². The molecule has 6 rings (SSSR count). The second kappa shape index (κ2) is 16.9. The van der Waals surface area contributed by atoms with Crippen molar-refractivity contribution in [1.29, 1.82) is 0 Å². The summed E-state index contributed by atoms with van der Waals surface area (Å²) < 4.78 is 9.36. The normalized spacial score (nSPS) is 17.7. The molecule has 5 N–H and O–H groups in total. The largest absolute Gasteiger partial charge is 0.444 e. The van der Waals surface area contributed by atoms with Crippen molar-refractivity contribution in [3.8, 4) is 0 Å². The number of nitrogens with one attached hydrogen (secondary N) is 5. The molecule has 0 saturated carbocycles. The smallest absolute Gasteiger partial charge is 0.410 e. The monoisotopic (exact) mass is 670 g/mol. The number of amides is 3. The van der Waals surface area contributed by atoms with Gasteiger partial charge in [0.2, 0.25) is 11.8 Å². The summed E-state index contributed by atoms with van der Waals surface area (Å²) in [6, 6.07) is 14.9. The Morgan fingerprint density at radius 2 is 1.39 bits per heavy atom. The van der Waals surface area contributed by atoms with Crippen molar-refractivity contribution in [2.24, 2.45) is 0 Å². The number of hydrogen-bond donors (Lipinski definition) is 5. The highest BCUT2D eigenvalue weighted by Crippen LogP contribution is 2.15. The van der Waals surface area contributed by atoms with Gasteiger partial charge in [0, 0.05) is 88.5 Å². The standard InChI is InChI=1S/C20H27N5O3.C15H19N5O/c1-20(2,3)28-19(27)25-10-8-22-17(13-25)18(26)23-16-6-4-5-15(11-16)12-24-9-7-21-14-24;21-15(14-9-16-4-5-18-14)19-13-3-1-2-12(8-13)10-20-7-6-17-11-20/h4-7,9,11,14,17,22H,8,10,12-13H2,1-3H3,(H,23,26);1-3,6-8,11,14,16,18H,4-5,9-10H2,(H,19,21). The van der Waals surface area contributed by atoms with Crippen LogP contribution < -0.4 is 26.6 Å². The fourth-order valence-electron chi connectivity index (χ4n) is 5.39. The molecule has 2 aromatic carbocycles. The van der Waals surface area contributed by atoms with Gasteiger partial charge in [0.15, 0.2) is 0 Å². The lowest BCUT2D eigenvalue weighted by molar-refractivity contribution is -0.119. The van der Waals surface area contributed by atoms with E-state index < -0.39 is 17.7 Å². The number of carbonyl (C=O) groups is 3. The van der Waals surface area contributed by atoms with Crippen molar-refractivity contribution in [2.75, 3.05) is 49.9 Å². The first-order valence-electron chi connectivity index (χ1n) is 16.5. The number of benzene rings is 2. The molecule has 2 atom stereocenters. The van der Waals surface area contributed by atoms with E-state index in [1.807, 2.05) is 90.8 Å². The molecular formula is C35H46N10O4. The summed E-state index contributed by atoms with van der Waals surface area (Å²) in [7, 11) is 0. The summed E-state index contributed by atoms with van der Waals surface area (Å²) in [6.45, 7) is 10.6. The minimum absolute atomic E-state index is 0.00183. The van der Waals surface area contributed by atoms with Gasteiger partial charge in [-0.15, -0.1) is 0 Å². The Hall–Kier alpha value is -5.05. The van der Waals surface area contributed by atoms with E-state index in [9.17, 15) is 14.4 Å². The molecule has 4 heterocycles. The average Bonchev–Trinajstić information content (AvgIpc) is 3.80. The first-order chi connectivity index (χ1) is 23.6. The van der Waals surface area contributed by atoms with Gasteiger partial charge in [-0.05, 0) is 56.2 Å². The lowest BCUT2D eigenvalue weighted by atomic mass is 10.1. The zero-order valence-electron chi connectivity index (χ0n) is 28.3. The predicted molar refractivity (Wildman–Crippen MR) is 187 cm³/mol. The fourth-order valence-corrected chi connectivity index (χ4v) is 5.39. The van der Waals surface area contributed by atoms with E-state index in [0.717, 1.165) is 42.1 Å². The van der Waals surface area contributed by atoms with Crippen LogP contribution in [-0.2, 0) is 27.4 Å². The van der Waals surface area contributed by atoms with E-state index in [1.165, 1.54) is 0 Å². The molecule has 14 heteroatoms. The molecule has 0 bridgehead atoms. The van der Waals surface area contributed by atoms with Gasteiger partial charge < -0.3 is 45.4 Å². The molecule has 2 aliphatic rings. The molecule has 4 aromatic rings. The molecular weight excluding hydrogens is 624 g/mol. The number of anilines is 2. The van der Waals surface area contributed by atoms with Gasteiger partial charge in [0.25, 0.3) is 0 Å². The van der Waals surface area contributed by atoms with Crippen molar-refractivity contribution >= 4 is 29.3 Å². The molecule has 0 spiro atoms. The minimum Gasteiger partial charge on any atom is -0.444 e. The van der Waals surface area contributed by atoms with E-state index in [-0.39, 0.29) is 24.4 Å². The topological polar surface area (TPSA) is 159 Å². The first-order valence-corrected chi connectivity index (χ1v) is 16.5. The number of piperazine rings is 2. The lowest BCUT2D eigenvalue weighted by Crippen LogP contribution is -2.57. The van der Waals surface area contributed by atoms with Crippen molar-refractivity contribution in [2.45, 2.75) is 51.5 Å². The van der Waals surface area contributed by atoms with Crippen LogP contribution in [0.15, 0.2) is 86.0 Å². The summed E-state index contributed by atoms with van der Waals surface area (Å²) in [6.07, 6.45) is 10.4. The third-order valence-corrected chi connectivity index (χ3v) is 7.74. The van der Waals surface area contributed by atoms with Gasteiger partial charge in [-0.1, -0.05) is 24.3 Å². The quantitative estimate of drug-likeness (QED) is 0.190. The number of hydrogen-bond acceptors (Lipinski definition) is 9. The van der Waals surface area contributed by atoms with Crippen LogP contribution in [0.1, 0.15) is 31.9 Å². The molecule has 2 aliphatic heterocycles. The van der Waals surface area contributed by atoms with Crippen LogP contribution in [0.4, 0.5) is 16.2 Å². The molecule has 0 aliphatic carbocycles.